The van der Waals surface area contributed by atoms with Crippen molar-refractivity contribution in [1.29, 1.82) is 0 Å². The van der Waals surface area contributed by atoms with E-state index in [0.717, 1.165) is 5.56 Å². The van der Waals surface area contributed by atoms with Crippen molar-refractivity contribution in [2.45, 2.75) is 12.6 Å². The fourth-order valence-corrected chi connectivity index (χ4v) is 1.68. The first kappa shape index (κ1) is 13.1. The van der Waals surface area contributed by atoms with E-state index in [2.05, 4.69) is 0 Å². The quantitative estimate of drug-likeness (QED) is 0.862. The molecule has 0 bridgehead atoms. The molecular weight excluding hydrogens is 242 g/mol. The summed E-state index contributed by atoms with van der Waals surface area (Å²) in [6.45, 7) is 0.437. The summed E-state index contributed by atoms with van der Waals surface area (Å²) in [4.78, 5) is 10.8. The molecule has 4 nitrogen and oxygen atoms in total. The first-order valence-corrected chi connectivity index (χ1v) is 5.92. The van der Waals surface area contributed by atoms with Crippen molar-refractivity contribution in [2.75, 3.05) is 0 Å². The molecule has 0 spiro atoms. The molecule has 1 unspecified atom stereocenters. The first-order chi connectivity index (χ1) is 9.16. The number of rotatable bonds is 5. The van der Waals surface area contributed by atoms with E-state index in [-0.39, 0.29) is 0 Å². The first-order valence-electron chi connectivity index (χ1n) is 5.92. The molecule has 0 aliphatic heterocycles. The molecule has 0 radical (unpaired) electrons. The van der Waals surface area contributed by atoms with Crippen molar-refractivity contribution in [2.24, 2.45) is 5.73 Å². The van der Waals surface area contributed by atoms with Gasteiger partial charge in [0, 0.05) is 0 Å². The van der Waals surface area contributed by atoms with Crippen LogP contribution in [0.25, 0.3) is 0 Å². The third kappa shape index (κ3) is 3.56. The van der Waals surface area contributed by atoms with E-state index in [1.54, 1.807) is 24.3 Å². The Kier molecular flexibility index (Phi) is 4.15. The molecule has 3 N–H and O–H groups in total. The van der Waals surface area contributed by atoms with Crippen LogP contribution in [-0.4, -0.2) is 11.1 Å². The van der Waals surface area contributed by atoms with Crippen molar-refractivity contribution in [3.05, 3.63) is 65.7 Å². The average molecular weight is 257 g/mol. The Labute approximate surface area is 111 Å². The molecule has 0 saturated carbocycles. The van der Waals surface area contributed by atoms with Gasteiger partial charge < -0.3 is 15.6 Å². The van der Waals surface area contributed by atoms with Gasteiger partial charge in [0.1, 0.15) is 18.4 Å². The zero-order valence-corrected chi connectivity index (χ0v) is 10.3. The Morgan fingerprint density at radius 3 is 2.58 bits per heavy atom. The number of carboxylic acids is 1. The second-order valence-electron chi connectivity index (χ2n) is 4.16. The van der Waals surface area contributed by atoms with Crippen LogP contribution in [0.1, 0.15) is 17.2 Å². The summed E-state index contributed by atoms with van der Waals surface area (Å²) in [7, 11) is 0. The van der Waals surface area contributed by atoms with Gasteiger partial charge in [-0.3, -0.25) is 4.79 Å². The highest BCUT2D eigenvalue weighted by Crippen LogP contribution is 2.19. The van der Waals surface area contributed by atoms with Crippen LogP contribution < -0.4 is 10.5 Å². The van der Waals surface area contributed by atoms with Gasteiger partial charge in [0.2, 0.25) is 0 Å². The van der Waals surface area contributed by atoms with Crippen LogP contribution in [0.15, 0.2) is 54.6 Å². The van der Waals surface area contributed by atoms with Gasteiger partial charge in [-0.1, -0.05) is 42.5 Å². The van der Waals surface area contributed by atoms with Crippen molar-refractivity contribution in [1.82, 2.24) is 0 Å². The Hall–Kier alpha value is -2.33. The summed E-state index contributed by atoms with van der Waals surface area (Å²) in [5, 5.41) is 8.87. The standard InChI is InChI=1S/C15H15NO3/c16-14(15(17)18)12-7-4-8-13(9-12)19-10-11-5-2-1-3-6-11/h1-9,14H,10,16H2,(H,17,18). The molecule has 0 saturated heterocycles. The minimum absolute atomic E-state index is 0.437. The molecule has 2 rings (SSSR count). The predicted octanol–water partition coefficient (Wildman–Crippen LogP) is 2.35. The maximum Gasteiger partial charge on any atom is 0.325 e. The van der Waals surface area contributed by atoms with Gasteiger partial charge in [-0.2, -0.15) is 0 Å². The number of carboxylic acid groups (broad SMARTS) is 1. The summed E-state index contributed by atoms with van der Waals surface area (Å²) in [5.41, 5.74) is 7.14. The summed E-state index contributed by atoms with van der Waals surface area (Å²) >= 11 is 0. The van der Waals surface area contributed by atoms with E-state index in [1.807, 2.05) is 30.3 Å². The van der Waals surface area contributed by atoms with Crippen LogP contribution in [0, 0.1) is 0 Å². The smallest absolute Gasteiger partial charge is 0.325 e. The summed E-state index contributed by atoms with van der Waals surface area (Å²) in [5.74, 6) is -0.446. The van der Waals surface area contributed by atoms with Crippen LogP contribution >= 0.6 is 0 Å². The van der Waals surface area contributed by atoms with E-state index in [1.165, 1.54) is 0 Å². The monoisotopic (exact) mass is 257 g/mol. The zero-order chi connectivity index (χ0) is 13.7. The van der Waals surface area contributed by atoms with Crippen LogP contribution in [0.2, 0.25) is 0 Å². The molecule has 1 atom stereocenters. The van der Waals surface area contributed by atoms with Gasteiger partial charge in [-0.25, -0.2) is 0 Å². The molecule has 98 valence electrons. The van der Waals surface area contributed by atoms with Crippen molar-refractivity contribution in [3.8, 4) is 5.75 Å². The molecule has 0 aromatic heterocycles. The lowest BCUT2D eigenvalue weighted by molar-refractivity contribution is -0.138. The van der Waals surface area contributed by atoms with Crippen molar-refractivity contribution < 1.29 is 14.6 Å². The highest BCUT2D eigenvalue weighted by atomic mass is 16.5. The molecule has 0 aliphatic carbocycles. The van der Waals surface area contributed by atoms with Gasteiger partial charge >= 0.3 is 5.97 Å². The molecule has 4 heteroatoms. The maximum atomic E-state index is 10.8. The van der Waals surface area contributed by atoms with Gasteiger partial charge in [-0.05, 0) is 23.3 Å². The summed E-state index contributed by atoms with van der Waals surface area (Å²) in [6.07, 6.45) is 0. The fourth-order valence-electron chi connectivity index (χ4n) is 1.68. The molecular formula is C15H15NO3. The highest BCUT2D eigenvalue weighted by Gasteiger charge is 2.14. The number of carbonyl (C=O) groups is 1. The molecule has 0 aliphatic rings. The third-order valence-electron chi connectivity index (χ3n) is 2.73. The molecule has 2 aromatic carbocycles. The van der Waals surface area contributed by atoms with Crippen molar-refractivity contribution in [3.63, 3.8) is 0 Å². The molecule has 0 heterocycles. The number of aliphatic carboxylic acids is 1. The average Bonchev–Trinajstić information content (AvgIpc) is 2.45. The van der Waals surface area contributed by atoms with E-state index < -0.39 is 12.0 Å². The molecule has 0 fully saturated rings. The zero-order valence-electron chi connectivity index (χ0n) is 10.3. The SMILES string of the molecule is NC(C(=O)O)c1cccc(OCc2ccccc2)c1. The van der Waals surface area contributed by atoms with E-state index in [4.69, 9.17) is 15.6 Å². The van der Waals surface area contributed by atoms with Gasteiger partial charge in [0.15, 0.2) is 0 Å². The summed E-state index contributed by atoms with van der Waals surface area (Å²) in [6, 6.07) is 15.6. The van der Waals surface area contributed by atoms with Crippen LogP contribution in [0.5, 0.6) is 5.75 Å². The normalized spacial score (nSPS) is 11.8. The maximum absolute atomic E-state index is 10.8. The largest absolute Gasteiger partial charge is 0.489 e. The molecule has 19 heavy (non-hydrogen) atoms. The Balaban J connectivity index is 2.05. The highest BCUT2D eigenvalue weighted by molar-refractivity contribution is 5.75. The van der Waals surface area contributed by atoms with Crippen LogP contribution in [0.4, 0.5) is 0 Å². The Bertz CT molecular complexity index is 554. The van der Waals surface area contributed by atoms with E-state index in [0.29, 0.717) is 17.9 Å². The van der Waals surface area contributed by atoms with Gasteiger partial charge in [0.05, 0.1) is 0 Å². The fraction of sp³-hybridized carbons (Fsp3) is 0.133. The second-order valence-corrected chi connectivity index (χ2v) is 4.16. The van der Waals surface area contributed by atoms with E-state index in [9.17, 15) is 4.79 Å². The predicted molar refractivity (Wildman–Crippen MR) is 71.8 cm³/mol. The number of benzene rings is 2. The second kappa shape index (κ2) is 6.02. The number of ether oxygens (including phenoxy) is 1. The lowest BCUT2D eigenvalue weighted by atomic mass is 10.1. The lowest BCUT2D eigenvalue weighted by Crippen LogP contribution is -2.20. The summed E-state index contributed by atoms with van der Waals surface area (Å²) < 4.78 is 5.61. The number of nitrogens with two attached hydrogens (primary N) is 1. The molecule has 2 aromatic rings. The number of hydrogen-bond acceptors (Lipinski definition) is 3. The topological polar surface area (TPSA) is 72.6 Å². The minimum Gasteiger partial charge on any atom is -0.489 e. The van der Waals surface area contributed by atoms with Crippen LogP contribution in [-0.2, 0) is 11.4 Å². The Morgan fingerprint density at radius 1 is 1.16 bits per heavy atom. The minimum atomic E-state index is -1.06. The Morgan fingerprint density at radius 2 is 1.89 bits per heavy atom. The third-order valence-corrected chi connectivity index (χ3v) is 2.73. The molecule has 0 amide bonds. The van der Waals surface area contributed by atoms with Crippen molar-refractivity contribution >= 4 is 5.97 Å². The number of hydrogen-bond donors (Lipinski definition) is 2. The van der Waals surface area contributed by atoms with Crippen LogP contribution in [0.3, 0.4) is 0 Å². The van der Waals surface area contributed by atoms with Gasteiger partial charge in [-0.15, -0.1) is 0 Å². The van der Waals surface area contributed by atoms with Gasteiger partial charge in [0.25, 0.3) is 0 Å². The van der Waals surface area contributed by atoms with E-state index >= 15 is 0 Å². The lowest BCUT2D eigenvalue weighted by Gasteiger charge is -2.10.